The van der Waals surface area contributed by atoms with E-state index in [4.69, 9.17) is 6.42 Å². The summed E-state index contributed by atoms with van der Waals surface area (Å²) in [6.07, 6.45) is 5.64. The highest BCUT2D eigenvalue weighted by molar-refractivity contribution is 6.10. The number of hydrogen-bond acceptors (Lipinski definition) is 0. The standard InChI is InChI=1S/C5H5B/c1-2-3-4-5-6/h1H,5-6H2. The van der Waals surface area contributed by atoms with Crippen LogP contribution < -0.4 is 0 Å². The largest absolute Gasteiger partial charge is 0.116 e. The third-order valence-corrected chi connectivity index (χ3v) is 0.337. The van der Waals surface area contributed by atoms with E-state index in [9.17, 15) is 0 Å². The van der Waals surface area contributed by atoms with Gasteiger partial charge in [-0.05, 0) is 18.2 Å². The van der Waals surface area contributed by atoms with Gasteiger partial charge in [-0.3, -0.25) is 0 Å². The molecule has 0 saturated heterocycles. The molecule has 0 aliphatic heterocycles. The first-order valence-electron chi connectivity index (χ1n) is 1.85. The quantitative estimate of drug-likeness (QED) is 0.274. The Balaban J connectivity index is 3.22. The van der Waals surface area contributed by atoms with E-state index in [2.05, 4.69) is 17.8 Å². The molecule has 0 unspecified atom stereocenters. The molecule has 0 rings (SSSR count). The first-order valence-corrected chi connectivity index (χ1v) is 1.85. The highest BCUT2D eigenvalue weighted by atomic mass is 13.5. The van der Waals surface area contributed by atoms with Gasteiger partial charge in [0, 0.05) is 0 Å². The Kier molecular flexibility index (Phi) is 3.62. The van der Waals surface area contributed by atoms with Gasteiger partial charge in [-0.1, -0.05) is 5.92 Å². The van der Waals surface area contributed by atoms with Crippen LogP contribution in [-0.4, -0.2) is 7.85 Å². The molecule has 0 aromatic carbocycles. The molecule has 0 heterocycles. The van der Waals surface area contributed by atoms with Crippen molar-refractivity contribution in [3.8, 4) is 24.2 Å². The van der Waals surface area contributed by atoms with E-state index in [0.29, 0.717) is 0 Å². The Morgan fingerprint density at radius 2 is 2.33 bits per heavy atom. The lowest BCUT2D eigenvalue weighted by molar-refractivity contribution is 1.88. The van der Waals surface area contributed by atoms with E-state index in [1.807, 2.05) is 7.85 Å². The molecule has 0 aliphatic carbocycles. The predicted octanol–water partition coefficient (Wildman–Crippen LogP) is -0.326. The third kappa shape index (κ3) is 3.18. The average molecular weight is 75.9 g/mol. The monoisotopic (exact) mass is 76.0 g/mol. The average Bonchev–Trinajstić information content (AvgIpc) is 1.61. The summed E-state index contributed by atoms with van der Waals surface area (Å²) in [5, 5.41) is 0. The van der Waals surface area contributed by atoms with Gasteiger partial charge in [-0.2, -0.15) is 0 Å². The van der Waals surface area contributed by atoms with E-state index in [-0.39, 0.29) is 0 Å². The molecule has 0 spiro atoms. The lowest BCUT2D eigenvalue weighted by Crippen LogP contribution is -1.54. The second-order valence-corrected chi connectivity index (χ2v) is 0.800. The van der Waals surface area contributed by atoms with Crippen LogP contribution in [0.3, 0.4) is 0 Å². The smallest absolute Gasteiger partial charge is 0.106 e. The van der Waals surface area contributed by atoms with Gasteiger partial charge < -0.3 is 0 Å². The van der Waals surface area contributed by atoms with Crippen LogP contribution in [0.5, 0.6) is 0 Å². The van der Waals surface area contributed by atoms with Crippen molar-refractivity contribution in [1.29, 1.82) is 0 Å². The van der Waals surface area contributed by atoms with Crippen molar-refractivity contribution in [2.75, 3.05) is 0 Å². The maximum absolute atomic E-state index is 4.79. The van der Waals surface area contributed by atoms with Crippen molar-refractivity contribution < 1.29 is 0 Å². The van der Waals surface area contributed by atoms with Crippen molar-refractivity contribution in [1.82, 2.24) is 0 Å². The summed E-state index contributed by atoms with van der Waals surface area (Å²) < 4.78 is 0. The van der Waals surface area contributed by atoms with E-state index < -0.39 is 0 Å². The fourth-order valence-corrected chi connectivity index (χ4v) is 0.139. The Hall–Kier alpha value is -0.815. The Bertz CT molecular complexity index is 108. The van der Waals surface area contributed by atoms with Crippen LogP contribution in [0, 0.1) is 24.2 Å². The SMILES string of the molecule is BCC#CC#C. The van der Waals surface area contributed by atoms with E-state index in [1.54, 1.807) is 0 Å². The molecule has 0 amide bonds. The van der Waals surface area contributed by atoms with Gasteiger partial charge in [0.05, 0.1) is 0 Å². The normalized spacial score (nSPS) is 4.50. The van der Waals surface area contributed by atoms with E-state index in [1.165, 1.54) is 0 Å². The van der Waals surface area contributed by atoms with Crippen LogP contribution in [0.2, 0.25) is 6.32 Å². The summed E-state index contributed by atoms with van der Waals surface area (Å²) in [4.78, 5) is 0. The zero-order chi connectivity index (χ0) is 4.83. The minimum atomic E-state index is 0.851. The van der Waals surface area contributed by atoms with Gasteiger partial charge in [0.25, 0.3) is 0 Å². The Labute approximate surface area is 39.3 Å². The number of rotatable bonds is 0. The summed E-state index contributed by atoms with van der Waals surface area (Å²) in [6.45, 7) is 0. The molecule has 0 nitrogen and oxygen atoms in total. The highest BCUT2D eigenvalue weighted by Gasteiger charge is 1.53. The van der Waals surface area contributed by atoms with Crippen molar-refractivity contribution in [2.45, 2.75) is 6.32 Å². The van der Waals surface area contributed by atoms with Gasteiger partial charge in [0.2, 0.25) is 0 Å². The molecule has 1 heteroatoms. The van der Waals surface area contributed by atoms with Crippen LogP contribution in [0.25, 0.3) is 0 Å². The molecule has 0 atom stereocenters. The van der Waals surface area contributed by atoms with E-state index in [0.717, 1.165) is 6.32 Å². The molecule has 0 bridgehead atoms. The minimum Gasteiger partial charge on any atom is -0.106 e. The molecule has 0 aliphatic rings. The van der Waals surface area contributed by atoms with Crippen LogP contribution >= 0.6 is 0 Å². The van der Waals surface area contributed by atoms with Crippen LogP contribution in [0.15, 0.2) is 0 Å². The van der Waals surface area contributed by atoms with Crippen LogP contribution in [-0.2, 0) is 0 Å². The number of hydrogen-bond donors (Lipinski definition) is 0. The third-order valence-electron chi connectivity index (χ3n) is 0.337. The Morgan fingerprint density at radius 1 is 1.67 bits per heavy atom. The fraction of sp³-hybridized carbons (Fsp3) is 0.200. The molecule has 0 aromatic rings. The van der Waals surface area contributed by atoms with E-state index >= 15 is 0 Å². The summed E-state index contributed by atoms with van der Waals surface area (Å²) in [7, 11) is 1.96. The van der Waals surface area contributed by atoms with Crippen molar-refractivity contribution in [2.24, 2.45) is 0 Å². The van der Waals surface area contributed by atoms with Crippen molar-refractivity contribution in [3.63, 3.8) is 0 Å². The molecular formula is C5H5B. The van der Waals surface area contributed by atoms with Gasteiger partial charge in [0.1, 0.15) is 7.85 Å². The number of terminal acetylenes is 1. The fourth-order valence-electron chi connectivity index (χ4n) is 0.139. The molecule has 0 aromatic heterocycles. The molecular weight excluding hydrogens is 70.9 g/mol. The van der Waals surface area contributed by atoms with Crippen LogP contribution in [0.1, 0.15) is 0 Å². The summed E-state index contributed by atoms with van der Waals surface area (Å²) >= 11 is 0. The molecule has 0 saturated carbocycles. The highest BCUT2D eigenvalue weighted by Crippen LogP contribution is 1.58. The topological polar surface area (TPSA) is 0 Å². The lowest BCUT2D eigenvalue weighted by atomic mass is 10.1. The minimum absolute atomic E-state index is 0.851. The molecule has 0 N–H and O–H groups in total. The zero-order valence-corrected chi connectivity index (χ0v) is 3.78. The first-order chi connectivity index (χ1) is 2.91. The maximum Gasteiger partial charge on any atom is 0.116 e. The van der Waals surface area contributed by atoms with Gasteiger partial charge >= 0.3 is 0 Å². The second kappa shape index (κ2) is 4.18. The second-order valence-electron chi connectivity index (χ2n) is 0.800. The Morgan fingerprint density at radius 3 is 2.50 bits per heavy atom. The van der Waals surface area contributed by atoms with Crippen molar-refractivity contribution >= 4 is 7.85 Å². The molecule has 0 radical (unpaired) electrons. The summed E-state index contributed by atoms with van der Waals surface area (Å²) in [5.74, 6) is 7.40. The van der Waals surface area contributed by atoms with Crippen LogP contribution in [0.4, 0.5) is 0 Å². The zero-order valence-electron chi connectivity index (χ0n) is 3.78. The lowest BCUT2D eigenvalue weighted by Gasteiger charge is -1.57. The van der Waals surface area contributed by atoms with Gasteiger partial charge in [-0.15, -0.1) is 6.42 Å². The maximum atomic E-state index is 4.79. The summed E-state index contributed by atoms with van der Waals surface area (Å²) in [5.41, 5.74) is 0. The summed E-state index contributed by atoms with van der Waals surface area (Å²) in [6, 6.07) is 0. The van der Waals surface area contributed by atoms with Crippen molar-refractivity contribution in [3.05, 3.63) is 0 Å². The molecule has 0 fully saturated rings. The molecule has 28 valence electrons. The van der Waals surface area contributed by atoms with Gasteiger partial charge in [0.15, 0.2) is 0 Å². The predicted molar refractivity (Wildman–Crippen MR) is 30.0 cm³/mol. The first kappa shape index (κ1) is 5.18. The molecule has 6 heavy (non-hydrogen) atoms. The van der Waals surface area contributed by atoms with Gasteiger partial charge in [-0.25, -0.2) is 0 Å².